The molecule has 25 heavy (non-hydrogen) atoms. The van der Waals surface area contributed by atoms with Crippen molar-refractivity contribution in [2.75, 3.05) is 32.1 Å². The third kappa shape index (κ3) is 4.93. The molecule has 0 aliphatic carbocycles. The van der Waals surface area contributed by atoms with Crippen LogP contribution in [0.25, 0.3) is 0 Å². The van der Waals surface area contributed by atoms with E-state index in [2.05, 4.69) is 27.6 Å². The van der Waals surface area contributed by atoms with Gasteiger partial charge in [0.1, 0.15) is 5.75 Å². The molecule has 0 saturated carbocycles. The fourth-order valence-corrected chi connectivity index (χ4v) is 3.78. The second-order valence-corrected chi connectivity index (χ2v) is 7.31. The first-order valence-corrected chi connectivity index (χ1v) is 9.34. The fraction of sp³-hybridized carbons (Fsp3) is 0.444. The Balaban J connectivity index is 1.37. The van der Waals surface area contributed by atoms with E-state index in [9.17, 15) is 4.79 Å². The van der Waals surface area contributed by atoms with Gasteiger partial charge >= 0.3 is 6.03 Å². The molecule has 134 valence electrons. The summed E-state index contributed by atoms with van der Waals surface area (Å²) in [5.74, 6) is 0.894. The quantitative estimate of drug-likeness (QED) is 0.777. The van der Waals surface area contributed by atoms with Gasteiger partial charge in [-0.3, -0.25) is 5.32 Å². The van der Waals surface area contributed by atoms with Crippen LogP contribution in [-0.2, 0) is 13.0 Å². The number of urea groups is 1. The van der Waals surface area contributed by atoms with Gasteiger partial charge in [0.15, 0.2) is 5.13 Å². The zero-order valence-electron chi connectivity index (χ0n) is 14.7. The first-order chi connectivity index (χ1) is 12.1. The van der Waals surface area contributed by atoms with Crippen molar-refractivity contribution in [2.24, 2.45) is 0 Å². The van der Waals surface area contributed by atoms with Crippen LogP contribution in [0.15, 0.2) is 24.3 Å². The monoisotopic (exact) mass is 360 g/mol. The summed E-state index contributed by atoms with van der Waals surface area (Å²) in [6.45, 7) is 5.08. The van der Waals surface area contributed by atoms with Gasteiger partial charge in [-0.05, 0) is 32.0 Å². The Kier molecular flexibility index (Phi) is 5.88. The van der Waals surface area contributed by atoms with Crippen LogP contribution in [0, 0.1) is 6.92 Å². The normalized spacial score (nSPS) is 14.0. The minimum absolute atomic E-state index is 0.213. The smallest absolute Gasteiger partial charge is 0.321 e. The lowest BCUT2D eigenvalue weighted by atomic mass is 10.2. The first-order valence-electron chi connectivity index (χ1n) is 8.52. The molecule has 3 rings (SSSR count). The van der Waals surface area contributed by atoms with Crippen molar-refractivity contribution >= 4 is 22.5 Å². The lowest BCUT2D eigenvalue weighted by Gasteiger charge is -2.20. The number of hydrogen-bond donors (Lipinski definition) is 2. The number of para-hydroxylation sites is 1. The van der Waals surface area contributed by atoms with Crippen LogP contribution in [0.1, 0.15) is 22.6 Å². The Morgan fingerprint density at radius 3 is 3.08 bits per heavy atom. The van der Waals surface area contributed by atoms with Crippen LogP contribution in [0.2, 0.25) is 0 Å². The van der Waals surface area contributed by atoms with E-state index in [1.165, 1.54) is 4.88 Å². The van der Waals surface area contributed by atoms with Crippen LogP contribution in [0.5, 0.6) is 5.75 Å². The molecule has 2 N–H and O–H groups in total. The molecule has 1 aliphatic rings. The second kappa shape index (κ2) is 8.31. The SMILES string of the molecule is Cc1ccccc1OCCCNC(=O)Nc1nc2c(s1)CN(C)CC2. The Bertz CT molecular complexity index is 732. The highest BCUT2D eigenvalue weighted by Gasteiger charge is 2.18. The molecule has 0 unspecified atom stereocenters. The number of amides is 2. The van der Waals surface area contributed by atoms with Crippen LogP contribution < -0.4 is 15.4 Å². The Labute approximate surface area is 152 Å². The van der Waals surface area contributed by atoms with Gasteiger partial charge in [0.25, 0.3) is 0 Å². The topological polar surface area (TPSA) is 66.5 Å². The van der Waals surface area contributed by atoms with Gasteiger partial charge in [0, 0.05) is 30.9 Å². The van der Waals surface area contributed by atoms with Crippen LogP contribution in [0.4, 0.5) is 9.93 Å². The zero-order valence-corrected chi connectivity index (χ0v) is 15.5. The summed E-state index contributed by atoms with van der Waals surface area (Å²) >= 11 is 1.56. The maximum absolute atomic E-state index is 12.0. The van der Waals surface area contributed by atoms with E-state index in [4.69, 9.17) is 4.74 Å². The zero-order chi connectivity index (χ0) is 17.6. The molecule has 0 fully saturated rings. The van der Waals surface area contributed by atoms with E-state index in [1.807, 2.05) is 31.2 Å². The summed E-state index contributed by atoms with van der Waals surface area (Å²) < 4.78 is 5.72. The molecule has 1 aromatic carbocycles. The summed E-state index contributed by atoms with van der Waals surface area (Å²) in [7, 11) is 2.10. The minimum Gasteiger partial charge on any atom is -0.493 e. The summed E-state index contributed by atoms with van der Waals surface area (Å²) in [5, 5.41) is 6.35. The van der Waals surface area contributed by atoms with Gasteiger partial charge in [-0.2, -0.15) is 0 Å². The number of ether oxygens (including phenoxy) is 1. The van der Waals surface area contributed by atoms with Gasteiger partial charge in [-0.25, -0.2) is 9.78 Å². The predicted octanol–water partition coefficient (Wildman–Crippen LogP) is 3.03. The van der Waals surface area contributed by atoms with Gasteiger partial charge in [0.2, 0.25) is 0 Å². The third-order valence-electron chi connectivity index (χ3n) is 4.10. The molecule has 1 aromatic heterocycles. The van der Waals surface area contributed by atoms with E-state index >= 15 is 0 Å². The molecule has 1 aliphatic heterocycles. The molecule has 0 spiro atoms. The molecule has 0 bridgehead atoms. The van der Waals surface area contributed by atoms with Crippen molar-refractivity contribution in [2.45, 2.75) is 26.3 Å². The van der Waals surface area contributed by atoms with Crippen LogP contribution in [0.3, 0.4) is 0 Å². The summed E-state index contributed by atoms with van der Waals surface area (Å²) in [6, 6.07) is 7.71. The fourth-order valence-electron chi connectivity index (χ4n) is 2.69. The van der Waals surface area contributed by atoms with E-state index in [-0.39, 0.29) is 6.03 Å². The van der Waals surface area contributed by atoms with Crippen molar-refractivity contribution in [1.82, 2.24) is 15.2 Å². The number of carbonyl (C=O) groups is 1. The third-order valence-corrected chi connectivity index (χ3v) is 5.10. The molecule has 0 atom stereocenters. The van der Waals surface area contributed by atoms with E-state index in [0.29, 0.717) is 18.3 Å². The van der Waals surface area contributed by atoms with Crippen molar-refractivity contribution in [3.8, 4) is 5.75 Å². The first kappa shape index (κ1) is 17.7. The molecule has 6 nitrogen and oxygen atoms in total. The number of fused-ring (bicyclic) bond motifs is 1. The van der Waals surface area contributed by atoms with Crippen molar-refractivity contribution < 1.29 is 9.53 Å². The number of nitrogens with zero attached hydrogens (tertiary/aromatic N) is 2. The maximum Gasteiger partial charge on any atom is 0.321 e. The Hall–Kier alpha value is -2.12. The summed E-state index contributed by atoms with van der Waals surface area (Å²) in [5.41, 5.74) is 2.23. The average Bonchev–Trinajstić information content (AvgIpc) is 2.97. The number of anilines is 1. The van der Waals surface area contributed by atoms with E-state index in [1.54, 1.807) is 11.3 Å². The van der Waals surface area contributed by atoms with Crippen LogP contribution in [-0.4, -0.2) is 42.7 Å². The summed E-state index contributed by atoms with van der Waals surface area (Å²) in [6.07, 6.45) is 1.70. The van der Waals surface area contributed by atoms with Gasteiger partial charge in [-0.1, -0.05) is 18.2 Å². The molecule has 7 heteroatoms. The number of rotatable bonds is 6. The van der Waals surface area contributed by atoms with Crippen molar-refractivity contribution in [1.29, 1.82) is 0 Å². The van der Waals surface area contributed by atoms with Crippen molar-refractivity contribution in [3.05, 3.63) is 40.4 Å². The number of likely N-dealkylation sites (N-methyl/N-ethyl adjacent to an activating group) is 1. The number of hydrogen-bond acceptors (Lipinski definition) is 5. The largest absolute Gasteiger partial charge is 0.493 e. The highest BCUT2D eigenvalue weighted by Crippen LogP contribution is 2.27. The van der Waals surface area contributed by atoms with Crippen molar-refractivity contribution in [3.63, 3.8) is 0 Å². The number of aryl methyl sites for hydroxylation is 1. The standard InChI is InChI=1S/C18H24N4O2S/c1-13-6-3-4-7-15(13)24-11-5-9-19-17(23)21-18-20-14-8-10-22(2)12-16(14)25-18/h3-4,6-7H,5,8-12H2,1-2H3,(H2,19,20,21,23). The lowest BCUT2D eigenvalue weighted by Crippen LogP contribution is -2.30. The Morgan fingerprint density at radius 1 is 1.40 bits per heavy atom. The molecule has 0 radical (unpaired) electrons. The highest BCUT2D eigenvalue weighted by molar-refractivity contribution is 7.15. The molecule has 0 saturated heterocycles. The second-order valence-electron chi connectivity index (χ2n) is 6.23. The van der Waals surface area contributed by atoms with Gasteiger partial charge in [0.05, 0.1) is 12.3 Å². The predicted molar refractivity (Wildman–Crippen MR) is 100 cm³/mol. The number of aromatic nitrogens is 1. The highest BCUT2D eigenvalue weighted by atomic mass is 32.1. The van der Waals surface area contributed by atoms with Gasteiger partial charge in [-0.15, -0.1) is 11.3 Å². The van der Waals surface area contributed by atoms with Gasteiger partial charge < -0.3 is 15.0 Å². The minimum atomic E-state index is -0.213. The number of benzene rings is 1. The molecule has 2 heterocycles. The van der Waals surface area contributed by atoms with E-state index < -0.39 is 0 Å². The molecule has 2 amide bonds. The van der Waals surface area contributed by atoms with E-state index in [0.717, 1.165) is 42.9 Å². The number of thiazole rings is 1. The molecular weight excluding hydrogens is 336 g/mol. The summed E-state index contributed by atoms with van der Waals surface area (Å²) in [4.78, 5) is 20.0. The number of nitrogens with one attached hydrogen (secondary N) is 2. The molecule has 2 aromatic rings. The Morgan fingerprint density at radius 2 is 2.24 bits per heavy atom. The van der Waals surface area contributed by atoms with Crippen LogP contribution >= 0.6 is 11.3 Å². The maximum atomic E-state index is 12.0. The lowest BCUT2D eigenvalue weighted by molar-refractivity contribution is 0.250. The average molecular weight is 360 g/mol. The molecular formula is C18H24N4O2S. The number of carbonyl (C=O) groups excluding carboxylic acids is 1.